The Kier molecular flexibility index (Phi) is 4.61. The van der Waals surface area contributed by atoms with Crippen molar-refractivity contribution in [3.63, 3.8) is 0 Å². The lowest BCUT2D eigenvalue weighted by atomic mass is 10.1. The van der Waals surface area contributed by atoms with Crippen LogP contribution in [0.25, 0.3) is 0 Å². The molecule has 0 amide bonds. The summed E-state index contributed by atoms with van der Waals surface area (Å²) in [7, 11) is 0. The smallest absolute Gasteiger partial charge is 0.125 e. The Hall–Kier alpha value is -2.03. The van der Waals surface area contributed by atoms with E-state index in [9.17, 15) is 4.39 Å². The molecule has 0 radical (unpaired) electrons. The van der Waals surface area contributed by atoms with Crippen LogP contribution in [0.15, 0.2) is 36.4 Å². The van der Waals surface area contributed by atoms with Crippen molar-refractivity contribution in [2.75, 3.05) is 18.5 Å². The third-order valence-corrected chi connectivity index (χ3v) is 3.38. The van der Waals surface area contributed by atoms with Gasteiger partial charge in [0.15, 0.2) is 0 Å². The maximum Gasteiger partial charge on any atom is 0.125 e. The van der Waals surface area contributed by atoms with Crippen molar-refractivity contribution in [3.05, 3.63) is 58.9 Å². The van der Waals surface area contributed by atoms with E-state index in [0.29, 0.717) is 13.2 Å². The monoisotopic (exact) mass is 273 g/mol. The minimum absolute atomic E-state index is 0.235. The van der Waals surface area contributed by atoms with E-state index < -0.39 is 0 Å². The van der Waals surface area contributed by atoms with Crippen molar-refractivity contribution >= 4 is 5.69 Å². The molecule has 0 fully saturated rings. The molecule has 0 aliphatic rings. The van der Waals surface area contributed by atoms with E-state index in [1.807, 2.05) is 13.0 Å². The zero-order valence-electron chi connectivity index (χ0n) is 12.2. The molecule has 106 valence electrons. The molecule has 0 aliphatic carbocycles. The summed E-state index contributed by atoms with van der Waals surface area (Å²) in [4.78, 5) is 0. The predicted octanol–water partition coefficient (Wildman–Crippen LogP) is 4.24. The first-order valence-electron chi connectivity index (χ1n) is 6.77. The first kappa shape index (κ1) is 14.4. The second-order valence-corrected chi connectivity index (χ2v) is 4.94. The maximum absolute atomic E-state index is 13.0. The fourth-order valence-electron chi connectivity index (χ4n) is 2.09. The van der Waals surface area contributed by atoms with Crippen molar-refractivity contribution in [2.24, 2.45) is 0 Å². The summed E-state index contributed by atoms with van der Waals surface area (Å²) in [6.07, 6.45) is 0. The molecule has 0 bridgehead atoms. The van der Waals surface area contributed by atoms with Crippen molar-refractivity contribution in [1.29, 1.82) is 0 Å². The Morgan fingerprint density at radius 2 is 1.80 bits per heavy atom. The van der Waals surface area contributed by atoms with Crippen LogP contribution in [0.2, 0.25) is 0 Å². The molecule has 2 aromatic carbocycles. The molecule has 1 N–H and O–H groups in total. The summed E-state index contributed by atoms with van der Waals surface area (Å²) in [6.45, 7) is 7.37. The summed E-state index contributed by atoms with van der Waals surface area (Å²) in [5, 5.41) is 3.14. The molecule has 0 unspecified atom stereocenters. The van der Waals surface area contributed by atoms with E-state index in [1.54, 1.807) is 6.07 Å². The normalized spacial score (nSPS) is 10.4. The molecular formula is C17H20FNO. The van der Waals surface area contributed by atoms with Crippen LogP contribution in [0.1, 0.15) is 16.7 Å². The van der Waals surface area contributed by atoms with Crippen LogP contribution < -0.4 is 10.1 Å². The molecule has 3 heteroatoms. The van der Waals surface area contributed by atoms with E-state index in [4.69, 9.17) is 4.74 Å². The Balaban J connectivity index is 1.89. The van der Waals surface area contributed by atoms with Gasteiger partial charge in [-0.3, -0.25) is 0 Å². The van der Waals surface area contributed by atoms with Crippen molar-refractivity contribution in [3.8, 4) is 5.75 Å². The van der Waals surface area contributed by atoms with Gasteiger partial charge in [-0.2, -0.15) is 0 Å². The summed E-state index contributed by atoms with van der Waals surface area (Å²) in [5.41, 5.74) is 4.31. The number of aryl methyl sites for hydroxylation is 2. The van der Waals surface area contributed by atoms with Gasteiger partial charge < -0.3 is 10.1 Å². The van der Waals surface area contributed by atoms with Gasteiger partial charge in [0, 0.05) is 12.2 Å². The number of halogens is 1. The van der Waals surface area contributed by atoms with Crippen LogP contribution in [-0.2, 0) is 0 Å². The van der Waals surface area contributed by atoms with Gasteiger partial charge in [-0.25, -0.2) is 4.39 Å². The first-order valence-corrected chi connectivity index (χ1v) is 6.77. The lowest BCUT2D eigenvalue weighted by molar-refractivity contribution is 0.328. The molecule has 0 atom stereocenters. The highest BCUT2D eigenvalue weighted by atomic mass is 19.1. The fourth-order valence-corrected chi connectivity index (χ4v) is 2.09. The number of hydrogen-bond donors (Lipinski definition) is 1. The zero-order valence-corrected chi connectivity index (χ0v) is 12.2. The fraction of sp³-hybridized carbons (Fsp3) is 0.294. The van der Waals surface area contributed by atoms with Gasteiger partial charge in [-0.05, 0) is 55.7 Å². The number of hydrogen-bond acceptors (Lipinski definition) is 2. The van der Waals surface area contributed by atoms with E-state index in [-0.39, 0.29) is 5.82 Å². The van der Waals surface area contributed by atoms with Crippen LogP contribution in [0, 0.1) is 26.6 Å². The number of anilines is 1. The standard InChI is InChI=1S/C17H20FNO/c1-12-7-8-13(2)17(14(12)3)20-10-9-19-16-6-4-5-15(18)11-16/h4-8,11,19H,9-10H2,1-3H3. The largest absolute Gasteiger partial charge is 0.491 e. The van der Waals surface area contributed by atoms with Gasteiger partial charge in [-0.15, -0.1) is 0 Å². The molecule has 0 saturated heterocycles. The van der Waals surface area contributed by atoms with Crippen molar-refractivity contribution < 1.29 is 9.13 Å². The zero-order chi connectivity index (χ0) is 14.5. The number of rotatable bonds is 5. The van der Waals surface area contributed by atoms with Crippen LogP contribution in [0.5, 0.6) is 5.75 Å². The molecule has 0 aromatic heterocycles. The quantitative estimate of drug-likeness (QED) is 0.823. The average molecular weight is 273 g/mol. The van der Waals surface area contributed by atoms with Gasteiger partial charge in [0.25, 0.3) is 0 Å². The highest BCUT2D eigenvalue weighted by Gasteiger charge is 2.05. The Bertz CT molecular complexity index is 596. The highest BCUT2D eigenvalue weighted by Crippen LogP contribution is 2.25. The van der Waals surface area contributed by atoms with Crippen LogP contribution in [0.4, 0.5) is 10.1 Å². The summed E-state index contributed by atoms with van der Waals surface area (Å²) < 4.78 is 18.9. The van der Waals surface area contributed by atoms with Crippen molar-refractivity contribution in [2.45, 2.75) is 20.8 Å². The molecule has 0 aliphatic heterocycles. The molecule has 2 nitrogen and oxygen atoms in total. The molecule has 0 saturated carbocycles. The number of nitrogens with one attached hydrogen (secondary N) is 1. The van der Waals surface area contributed by atoms with E-state index >= 15 is 0 Å². The second-order valence-electron chi connectivity index (χ2n) is 4.94. The third-order valence-electron chi connectivity index (χ3n) is 3.38. The van der Waals surface area contributed by atoms with Gasteiger partial charge in [0.1, 0.15) is 18.2 Å². The minimum atomic E-state index is -0.235. The molecule has 0 heterocycles. The second kappa shape index (κ2) is 6.42. The average Bonchev–Trinajstić information content (AvgIpc) is 2.42. The van der Waals surface area contributed by atoms with Crippen molar-refractivity contribution in [1.82, 2.24) is 0 Å². The van der Waals surface area contributed by atoms with E-state index in [2.05, 4.69) is 31.3 Å². The summed E-state index contributed by atoms with van der Waals surface area (Å²) in [5.74, 6) is 0.715. The maximum atomic E-state index is 13.0. The van der Waals surface area contributed by atoms with Crippen LogP contribution in [0.3, 0.4) is 0 Å². The molecule has 0 spiro atoms. The first-order chi connectivity index (χ1) is 9.58. The minimum Gasteiger partial charge on any atom is -0.491 e. The molecule has 20 heavy (non-hydrogen) atoms. The van der Waals surface area contributed by atoms with E-state index in [1.165, 1.54) is 23.3 Å². The lowest BCUT2D eigenvalue weighted by Gasteiger charge is -2.14. The molecular weight excluding hydrogens is 253 g/mol. The van der Waals surface area contributed by atoms with Gasteiger partial charge >= 0.3 is 0 Å². The summed E-state index contributed by atoms with van der Waals surface area (Å²) >= 11 is 0. The Morgan fingerprint density at radius 3 is 2.55 bits per heavy atom. The van der Waals surface area contributed by atoms with Gasteiger partial charge in [-0.1, -0.05) is 18.2 Å². The third kappa shape index (κ3) is 3.50. The molecule has 2 rings (SSSR count). The van der Waals surface area contributed by atoms with Crippen LogP contribution in [-0.4, -0.2) is 13.2 Å². The van der Waals surface area contributed by atoms with Gasteiger partial charge in [0.05, 0.1) is 0 Å². The number of benzene rings is 2. The van der Waals surface area contributed by atoms with Gasteiger partial charge in [0.2, 0.25) is 0 Å². The SMILES string of the molecule is Cc1ccc(C)c(OCCNc2cccc(F)c2)c1C. The molecule has 2 aromatic rings. The summed E-state index contributed by atoms with van der Waals surface area (Å²) in [6, 6.07) is 10.6. The Labute approximate surface area is 119 Å². The topological polar surface area (TPSA) is 21.3 Å². The predicted molar refractivity (Wildman–Crippen MR) is 81.0 cm³/mol. The Morgan fingerprint density at radius 1 is 1.05 bits per heavy atom. The van der Waals surface area contributed by atoms with E-state index in [0.717, 1.165) is 17.0 Å². The number of ether oxygens (including phenoxy) is 1. The highest BCUT2D eigenvalue weighted by molar-refractivity contribution is 5.45. The lowest BCUT2D eigenvalue weighted by Crippen LogP contribution is -2.12. The van der Waals surface area contributed by atoms with Crippen LogP contribution >= 0.6 is 0 Å².